The topological polar surface area (TPSA) is 96.5 Å². The third-order valence-corrected chi connectivity index (χ3v) is 6.85. The number of rotatable bonds is 5. The summed E-state index contributed by atoms with van der Waals surface area (Å²) in [5.74, 6) is 3.05. The maximum Gasteiger partial charge on any atom is 0.349 e. The highest BCUT2D eigenvalue weighted by atomic mass is 16.5. The monoisotopic (exact) mass is 388 g/mol. The fraction of sp³-hybridized carbons (Fsp3) is 0.750. The molecule has 0 radical (unpaired) electrons. The third kappa shape index (κ3) is 3.62. The largest absolute Gasteiger partial charge is 0.467 e. The van der Waals surface area contributed by atoms with Crippen molar-refractivity contribution in [1.29, 1.82) is 0 Å². The summed E-state index contributed by atoms with van der Waals surface area (Å²) in [5, 5.41) is 3.28. The molecule has 2 heterocycles. The van der Waals surface area contributed by atoms with E-state index < -0.39 is 5.69 Å². The Bertz CT molecular complexity index is 766. The maximum atomic E-state index is 12.6. The second kappa shape index (κ2) is 7.06. The molecule has 8 nitrogen and oxygen atoms in total. The van der Waals surface area contributed by atoms with Gasteiger partial charge in [0.15, 0.2) is 6.61 Å². The van der Waals surface area contributed by atoms with E-state index in [4.69, 9.17) is 9.47 Å². The number of aromatic amines is 1. The fourth-order valence-corrected chi connectivity index (χ4v) is 6.21. The van der Waals surface area contributed by atoms with Crippen LogP contribution in [0, 0.1) is 17.8 Å². The number of morpholine rings is 1. The molecule has 1 saturated heterocycles. The van der Waals surface area contributed by atoms with Crippen LogP contribution in [0.4, 0.5) is 5.82 Å². The van der Waals surface area contributed by atoms with E-state index in [9.17, 15) is 9.59 Å². The summed E-state index contributed by atoms with van der Waals surface area (Å²) in [6, 6.07) is 1.69. The van der Waals surface area contributed by atoms with Gasteiger partial charge >= 0.3 is 5.69 Å². The number of nitrogens with one attached hydrogen (secondary N) is 2. The molecule has 5 fully saturated rings. The highest BCUT2D eigenvalue weighted by Crippen LogP contribution is 2.55. The van der Waals surface area contributed by atoms with E-state index in [1.807, 2.05) is 4.90 Å². The van der Waals surface area contributed by atoms with Gasteiger partial charge in [-0.05, 0) is 56.3 Å². The fourth-order valence-electron chi connectivity index (χ4n) is 6.21. The number of hydrogen-bond donors (Lipinski definition) is 2. The Morgan fingerprint density at radius 2 is 1.86 bits per heavy atom. The van der Waals surface area contributed by atoms with Crippen LogP contribution in [0.5, 0.6) is 5.88 Å². The smallest absolute Gasteiger partial charge is 0.349 e. The molecule has 28 heavy (non-hydrogen) atoms. The minimum atomic E-state index is -0.472. The Hall–Kier alpha value is -2.09. The first-order valence-electron chi connectivity index (χ1n) is 10.4. The lowest BCUT2D eigenvalue weighted by molar-refractivity contribution is -0.128. The third-order valence-electron chi connectivity index (χ3n) is 6.85. The van der Waals surface area contributed by atoms with Crippen LogP contribution in [0.1, 0.15) is 38.5 Å². The van der Waals surface area contributed by atoms with E-state index in [1.54, 1.807) is 6.07 Å². The molecule has 8 heteroatoms. The van der Waals surface area contributed by atoms with Crippen molar-refractivity contribution in [3.63, 3.8) is 0 Å². The second-order valence-electron chi connectivity index (χ2n) is 9.04. The molecule has 2 N–H and O–H groups in total. The summed E-state index contributed by atoms with van der Waals surface area (Å²) in [6.45, 7) is 2.53. The molecule has 5 aliphatic rings. The Balaban J connectivity index is 1.21. The standard InChI is InChI=1S/C20H28N4O4/c25-17(23-20-9-13-5-14(10-20)7-15(6-13)11-20)12-28-18-8-16(21-19(26)22-18)24-1-3-27-4-2-24/h8,13-15H,1-7,9-12H2,(H,23,25)(H,21,22,26). The van der Waals surface area contributed by atoms with Crippen molar-refractivity contribution in [3.8, 4) is 5.88 Å². The van der Waals surface area contributed by atoms with E-state index in [2.05, 4.69) is 15.3 Å². The summed E-state index contributed by atoms with van der Waals surface area (Å²) in [7, 11) is 0. The van der Waals surface area contributed by atoms with Crippen molar-refractivity contribution in [2.24, 2.45) is 17.8 Å². The number of carbonyl (C=O) groups is 1. The van der Waals surface area contributed by atoms with Gasteiger partial charge in [-0.15, -0.1) is 0 Å². The molecular formula is C20H28N4O4. The van der Waals surface area contributed by atoms with Gasteiger partial charge in [0.25, 0.3) is 5.91 Å². The molecule has 6 rings (SSSR count). The quantitative estimate of drug-likeness (QED) is 0.783. The SMILES string of the molecule is O=C(COc1cc(N2CCOCC2)[nH]c(=O)n1)NC12CC3CC(CC(C3)C1)C2. The Labute approximate surface area is 164 Å². The lowest BCUT2D eigenvalue weighted by Crippen LogP contribution is -2.60. The van der Waals surface area contributed by atoms with Gasteiger partial charge in [-0.1, -0.05) is 0 Å². The van der Waals surface area contributed by atoms with Crippen molar-refractivity contribution < 1.29 is 14.3 Å². The van der Waals surface area contributed by atoms with Gasteiger partial charge in [0.1, 0.15) is 5.82 Å². The number of carbonyl (C=O) groups excluding carboxylic acids is 1. The van der Waals surface area contributed by atoms with Crippen LogP contribution in [-0.4, -0.2) is 54.3 Å². The lowest BCUT2D eigenvalue weighted by atomic mass is 9.53. The van der Waals surface area contributed by atoms with Crippen LogP contribution in [0.15, 0.2) is 10.9 Å². The van der Waals surface area contributed by atoms with Gasteiger partial charge in [-0.2, -0.15) is 4.98 Å². The highest BCUT2D eigenvalue weighted by Gasteiger charge is 2.51. The average Bonchev–Trinajstić information content (AvgIpc) is 2.65. The van der Waals surface area contributed by atoms with Crippen LogP contribution in [0.25, 0.3) is 0 Å². The van der Waals surface area contributed by atoms with Crippen molar-refractivity contribution in [2.45, 2.75) is 44.1 Å². The van der Waals surface area contributed by atoms with Crippen molar-refractivity contribution in [1.82, 2.24) is 15.3 Å². The molecule has 1 amide bonds. The molecule has 1 aromatic heterocycles. The average molecular weight is 388 g/mol. The molecule has 152 valence electrons. The first-order valence-corrected chi connectivity index (χ1v) is 10.4. The van der Waals surface area contributed by atoms with Crippen LogP contribution >= 0.6 is 0 Å². The molecule has 1 aliphatic heterocycles. The maximum absolute atomic E-state index is 12.6. The predicted molar refractivity (Wildman–Crippen MR) is 102 cm³/mol. The highest BCUT2D eigenvalue weighted by molar-refractivity contribution is 5.78. The van der Waals surface area contributed by atoms with Gasteiger partial charge in [-0.3, -0.25) is 9.78 Å². The number of hydrogen-bond acceptors (Lipinski definition) is 6. The zero-order chi connectivity index (χ0) is 19.1. The van der Waals surface area contributed by atoms with Gasteiger partial charge in [-0.25, -0.2) is 4.79 Å². The first kappa shape index (κ1) is 18.0. The summed E-state index contributed by atoms with van der Waals surface area (Å²) in [6.07, 6.45) is 7.34. The number of anilines is 1. The van der Waals surface area contributed by atoms with Gasteiger partial charge < -0.3 is 19.7 Å². The number of H-pyrrole nitrogens is 1. The second-order valence-corrected chi connectivity index (χ2v) is 9.04. The zero-order valence-corrected chi connectivity index (χ0v) is 16.1. The van der Waals surface area contributed by atoms with E-state index in [-0.39, 0.29) is 23.9 Å². The number of aromatic nitrogens is 2. The summed E-state index contributed by atoms with van der Waals surface area (Å²) in [5.41, 5.74) is -0.504. The van der Waals surface area contributed by atoms with Gasteiger partial charge in [0.05, 0.1) is 13.2 Å². The van der Waals surface area contributed by atoms with Crippen LogP contribution in [0.3, 0.4) is 0 Å². The molecule has 4 saturated carbocycles. The summed E-state index contributed by atoms with van der Waals surface area (Å²) >= 11 is 0. The Morgan fingerprint density at radius 1 is 1.21 bits per heavy atom. The number of nitrogens with zero attached hydrogens (tertiary/aromatic N) is 2. The molecule has 0 aromatic carbocycles. The normalized spacial score (nSPS) is 33.7. The summed E-state index contributed by atoms with van der Waals surface area (Å²) in [4.78, 5) is 33.1. The predicted octanol–water partition coefficient (Wildman–Crippen LogP) is 1.07. The van der Waals surface area contributed by atoms with E-state index in [1.165, 1.54) is 19.3 Å². The van der Waals surface area contributed by atoms with E-state index >= 15 is 0 Å². The van der Waals surface area contributed by atoms with E-state index in [0.717, 1.165) is 37.0 Å². The van der Waals surface area contributed by atoms with Crippen LogP contribution in [0.2, 0.25) is 0 Å². The molecule has 0 atom stereocenters. The molecule has 4 bridgehead atoms. The van der Waals surface area contributed by atoms with Gasteiger partial charge in [0.2, 0.25) is 5.88 Å². The Kier molecular flexibility index (Phi) is 4.53. The van der Waals surface area contributed by atoms with Gasteiger partial charge in [0, 0.05) is 24.7 Å². The molecule has 0 unspecified atom stereocenters. The number of ether oxygens (including phenoxy) is 2. The summed E-state index contributed by atoms with van der Waals surface area (Å²) < 4.78 is 10.9. The molecule has 4 aliphatic carbocycles. The Morgan fingerprint density at radius 3 is 2.50 bits per heavy atom. The molecule has 1 aromatic rings. The first-order chi connectivity index (χ1) is 13.6. The number of amides is 1. The van der Waals surface area contributed by atoms with Crippen LogP contribution < -0.4 is 20.6 Å². The molecule has 0 spiro atoms. The lowest BCUT2D eigenvalue weighted by Gasteiger charge is -2.56. The van der Waals surface area contributed by atoms with Crippen molar-refractivity contribution >= 4 is 11.7 Å². The molecular weight excluding hydrogens is 360 g/mol. The zero-order valence-electron chi connectivity index (χ0n) is 16.1. The minimum absolute atomic E-state index is 0.0320. The van der Waals surface area contributed by atoms with Crippen molar-refractivity contribution in [3.05, 3.63) is 16.6 Å². The van der Waals surface area contributed by atoms with Crippen molar-refractivity contribution in [2.75, 3.05) is 37.8 Å². The van der Waals surface area contributed by atoms with E-state index in [0.29, 0.717) is 32.1 Å². The van der Waals surface area contributed by atoms with Crippen LogP contribution in [-0.2, 0) is 9.53 Å². The minimum Gasteiger partial charge on any atom is -0.467 e.